The van der Waals surface area contributed by atoms with Crippen molar-refractivity contribution in [3.63, 3.8) is 0 Å². The number of benzene rings is 4. The molecule has 0 N–H and O–H groups in total. The number of hydrogen-bond acceptors (Lipinski definition) is 2. The first kappa shape index (κ1) is 94.5. The first-order valence-electron chi connectivity index (χ1n) is 41.9. The molecule has 1 radical (unpaired) electrons. The fourth-order valence-corrected chi connectivity index (χ4v) is 13.5. The molecule has 32 aliphatic heterocycles. The van der Waals surface area contributed by atoms with Gasteiger partial charge in [0.15, 0.2) is 176 Å². The van der Waals surface area contributed by atoms with Crippen LogP contribution >= 0.6 is 0 Å². The monoisotopic (exact) mass is 1690 g/mol. The quantitative estimate of drug-likeness (QED) is 0.130. The van der Waals surface area contributed by atoms with Gasteiger partial charge in [0.2, 0.25) is 13.1 Å². The van der Waals surface area contributed by atoms with E-state index in [1.54, 1.807) is 24.8 Å². The van der Waals surface area contributed by atoms with E-state index in [1.807, 2.05) is 138 Å². The van der Waals surface area contributed by atoms with Crippen LogP contribution in [-0.2, 0) is 98.2 Å². The molecule has 607 valence electrons. The zero-order chi connectivity index (χ0) is 86.5. The van der Waals surface area contributed by atoms with Crippen LogP contribution in [-0.4, -0.2) is 9.97 Å². The second-order valence-electron chi connectivity index (χ2n) is 27.7. The summed E-state index contributed by atoms with van der Waals surface area (Å²) in [5, 5.41) is 0. The van der Waals surface area contributed by atoms with Gasteiger partial charge in [0.25, 0.3) is 0 Å². The van der Waals surface area contributed by atoms with Crippen LogP contribution in [0.2, 0.25) is 0 Å². The molecule has 48 rings (SSSR count). The van der Waals surface area contributed by atoms with Crippen molar-refractivity contribution in [1.82, 2.24) is 9.97 Å². The second kappa shape index (κ2) is 52.2. The molecule has 0 saturated heterocycles. The maximum Gasteiger partial charge on any atom is 0.208 e. The van der Waals surface area contributed by atoms with Gasteiger partial charge in [-0.1, -0.05) is 152 Å². The third-order valence-electron chi connectivity index (χ3n) is 19.8. The zero-order valence-corrected chi connectivity index (χ0v) is 75.3. The van der Waals surface area contributed by atoms with Crippen molar-refractivity contribution in [2.24, 2.45) is 0 Å². The summed E-state index contributed by atoms with van der Waals surface area (Å²) in [6.45, 7) is 24.0. The van der Waals surface area contributed by atoms with E-state index in [2.05, 4.69) is 377 Å². The third kappa shape index (κ3) is 29.2. The molecule has 12 aromatic heterocycles. The number of nitrogens with zero attached hydrogens (tertiary/aromatic N) is 12. The largest absolute Gasteiger partial charge is 0.265 e. The van der Waals surface area contributed by atoms with Crippen molar-refractivity contribution in [3.8, 4) is 117 Å². The Bertz CT molecular complexity index is 4920. The van der Waals surface area contributed by atoms with E-state index in [-0.39, 0.29) is 32.7 Å². The number of pyridine rings is 12. The Morgan fingerprint density at radius 2 is 0.309 bits per heavy atom. The molecule has 0 atom stereocenters. The van der Waals surface area contributed by atoms with Crippen LogP contribution in [0, 0.1) is 50.4 Å². The van der Waals surface area contributed by atoms with Crippen LogP contribution in [0.1, 0.15) is 99.9 Å². The average Bonchev–Trinajstić information content (AvgIpc) is 0.828. The molecule has 0 amide bonds. The molecule has 0 fully saturated rings. The summed E-state index contributed by atoms with van der Waals surface area (Å²) in [5.74, 6) is 5.19. The molecule has 0 spiro atoms. The van der Waals surface area contributed by atoms with E-state index < -0.39 is 0 Å². The molecular formula is C110H114N12Y+10. The number of rotatable bonds is 4. The first-order valence-corrected chi connectivity index (χ1v) is 41.9. The molecule has 32 aliphatic rings. The molecule has 0 aliphatic carbocycles. The average molecular weight is 1690 g/mol. The normalized spacial score (nSPS) is 10.7. The predicted octanol–water partition coefficient (Wildman–Crippen LogP) is 17.3. The van der Waals surface area contributed by atoms with E-state index in [0.29, 0.717) is 13.1 Å². The maximum absolute atomic E-state index is 5.23. The van der Waals surface area contributed by atoms with Crippen LogP contribution in [0.5, 0.6) is 0 Å². The van der Waals surface area contributed by atoms with Gasteiger partial charge in [-0.3, -0.25) is 9.97 Å². The third-order valence-corrected chi connectivity index (χ3v) is 19.8. The van der Waals surface area contributed by atoms with Gasteiger partial charge < -0.3 is 0 Å². The number of aromatic nitrogens is 12. The summed E-state index contributed by atoms with van der Waals surface area (Å²) in [5.41, 5.74) is 24.9. The molecule has 44 heterocycles. The van der Waals surface area contributed by atoms with Crippen LogP contribution in [0.4, 0.5) is 0 Å². The Morgan fingerprint density at radius 3 is 0.431 bits per heavy atom. The van der Waals surface area contributed by atoms with E-state index in [0.717, 1.165) is 63.5 Å². The van der Waals surface area contributed by atoms with Crippen molar-refractivity contribution in [3.05, 3.63) is 436 Å². The second-order valence-corrected chi connectivity index (χ2v) is 27.7. The Morgan fingerprint density at radius 1 is 0.195 bits per heavy atom. The van der Waals surface area contributed by atoms with Gasteiger partial charge in [-0.15, -0.1) is 38.5 Å². The van der Waals surface area contributed by atoms with Crippen molar-refractivity contribution in [2.75, 3.05) is 0 Å². The van der Waals surface area contributed by atoms with Crippen LogP contribution in [0.15, 0.2) is 391 Å². The van der Waals surface area contributed by atoms with Crippen molar-refractivity contribution in [1.29, 1.82) is 0 Å². The summed E-state index contributed by atoms with van der Waals surface area (Å²) >= 11 is 0. The van der Waals surface area contributed by atoms with Crippen molar-refractivity contribution in [2.45, 2.75) is 121 Å². The Labute approximate surface area is 756 Å². The minimum Gasteiger partial charge on any atom is -0.265 e. The summed E-state index contributed by atoms with van der Waals surface area (Å²) in [6, 6.07) is 87.2. The van der Waals surface area contributed by atoms with Gasteiger partial charge in [-0.25, -0.2) is 36.5 Å². The molecule has 24 bridgehead atoms. The smallest absolute Gasteiger partial charge is 0.208 e. The van der Waals surface area contributed by atoms with E-state index in [4.69, 9.17) is 12.8 Å². The van der Waals surface area contributed by atoms with Crippen LogP contribution in [0.25, 0.3) is 66.8 Å². The fourth-order valence-electron chi connectivity index (χ4n) is 13.5. The summed E-state index contributed by atoms with van der Waals surface area (Å²) < 4.78 is 21.8. The summed E-state index contributed by atoms with van der Waals surface area (Å²) in [6.07, 6.45) is 76.3. The zero-order valence-electron chi connectivity index (χ0n) is 72.4. The van der Waals surface area contributed by atoms with Gasteiger partial charge in [0.1, 0.15) is 0 Å². The van der Waals surface area contributed by atoms with E-state index in [9.17, 15) is 0 Å². The van der Waals surface area contributed by atoms with Crippen molar-refractivity contribution < 1.29 is 78.4 Å². The van der Waals surface area contributed by atoms with Crippen LogP contribution in [0.3, 0.4) is 0 Å². The van der Waals surface area contributed by atoms with E-state index in [1.165, 1.54) is 100 Å². The van der Waals surface area contributed by atoms with Crippen molar-refractivity contribution >= 4 is 0 Å². The molecule has 0 saturated carbocycles. The Balaban J connectivity index is 0.000000210. The van der Waals surface area contributed by atoms with Gasteiger partial charge in [0.05, 0.1) is 0 Å². The van der Waals surface area contributed by atoms with Crippen LogP contribution < -0.4 is 45.7 Å². The molecule has 4 aromatic carbocycles. The molecule has 13 heteroatoms. The topological polar surface area (TPSA) is 64.6 Å². The maximum atomic E-state index is 5.23. The SMILES string of the molecule is C#C.C#C.C#CC[n+]1ccc(-c2ccncc2)cc1.C#CC[n+]1ccc(-c2ccncc2)cc1.CC.CC.CC.CC.[Y].c1cc2ccc1C[n+]1ccc(cc1)-c1cc[n+](cc1)Cc1ccc(cc1)C[n+]1ccc(cc1)-c1cc[n+](cc1)C2.c1cc2ccc1C[n+]1ccc(cc1)-c1cc[n+](cc1)Cc1ccc(cc1)C[n+]1ccc(cc1)-c1cc[n+](cc1)C2. The molecular weight excluding hydrogens is 1580 g/mol. The first-order chi connectivity index (χ1) is 60.3. The fraction of sp³-hybridized carbons (Fsp3) is 0.164. The molecule has 12 nitrogen and oxygen atoms in total. The molecule has 0 unspecified atom stereocenters. The minimum absolute atomic E-state index is 0. The number of terminal acetylenes is 4. The predicted molar refractivity (Wildman–Crippen MR) is 490 cm³/mol. The number of hydrogen-bond donors (Lipinski definition) is 0. The Hall–Kier alpha value is -14.0. The van der Waals surface area contributed by atoms with Gasteiger partial charge in [-0.05, 0) is 103 Å². The Kier molecular flexibility index (Phi) is 40.1. The van der Waals surface area contributed by atoms with Gasteiger partial charge in [0, 0.05) is 223 Å². The van der Waals surface area contributed by atoms with E-state index >= 15 is 0 Å². The minimum atomic E-state index is 0. The molecule has 16 aromatic rings. The van der Waals surface area contributed by atoms with Gasteiger partial charge in [-0.2, -0.15) is 9.13 Å². The van der Waals surface area contributed by atoms with Gasteiger partial charge >= 0.3 is 0 Å². The molecule has 123 heavy (non-hydrogen) atoms. The summed E-state index contributed by atoms with van der Waals surface area (Å²) in [4.78, 5) is 7.97. The summed E-state index contributed by atoms with van der Waals surface area (Å²) in [7, 11) is 0. The standard InChI is InChI=1S/2C36H32N4.2C13H11N2.4C2H6.2C2H2.Y/c2*1-2-30-4-3-29(1)25-37-17-9-33(10-18-37)35-13-21-39(22-14-35)27-31-5-7-32(8-6-31)28-40-23-15-36(16-24-40)34-11-19-38(26-30)20-12-34;2*1-2-9-15-10-5-13(6-11-15)12-3-7-14-8-4-12;6*1-2;/h2*1-24H,25-28H2;2*1,3-8,10-11H,9H2;4*1-2H3;2*1-2H;/q2*+4;2*+1;;;;;;;.